The Morgan fingerprint density at radius 1 is 0.960 bits per heavy atom. The number of benzene rings is 2. The molecule has 3 amide bonds. The predicted octanol–water partition coefficient (Wildman–Crippen LogP) is 2.94. The summed E-state index contributed by atoms with van der Waals surface area (Å²) < 4.78 is 38.0. The van der Waals surface area contributed by atoms with Crippen LogP contribution in [0.4, 0.5) is 18.9 Å². The van der Waals surface area contributed by atoms with E-state index in [0.717, 1.165) is 23.1 Å². The highest BCUT2D eigenvalue weighted by Gasteiger charge is 2.36. The fraction of sp³-hybridized carbons (Fsp3) is 0.118. The Bertz CT molecular complexity index is 842. The Hall–Kier alpha value is -3.16. The van der Waals surface area contributed by atoms with Crippen molar-refractivity contribution in [3.05, 3.63) is 65.2 Å². The molecule has 128 valence electrons. The van der Waals surface area contributed by atoms with Crippen LogP contribution in [-0.4, -0.2) is 29.2 Å². The number of nitrogens with zero attached hydrogens (tertiary/aromatic N) is 1. The molecule has 0 aromatic heterocycles. The quantitative estimate of drug-likeness (QED) is 0.868. The third-order valence-corrected chi connectivity index (χ3v) is 3.65. The highest BCUT2D eigenvalue weighted by atomic mass is 19.4. The lowest BCUT2D eigenvalue weighted by molar-refractivity contribution is -0.137. The first-order chi connectivity index (χ1) is 11.8. The third kappa shape index (κ3) is 3.23. The van der Waals surface area contributed by atoms with Crippen LogP contribution in [0.3, 0.4) is 0 Å². The van der Waals surface area contributed by atoms with E-state index >= 15 is 0 Å². The van der Waals surface area contributed by atoms with Crippen molar-refractivity contribution in [3.63, 3.8) is 0 Å². The molecule has 0 atom stereocenters. The Morgan fingerprint density at radius 3 is 2.12 bits per heavy atom. The van der Waals surface area contributed by atoms with E-state index in [0.29, 0.717) is 0 Å². The number of carbonyl (C=O) groups excluding carboxylic acids is 3. The van der Waals surface area contributed by atoms with Crippen molar-refractivity contribution >= 4 is 23.4 Å². The Balaban J connectivity index is 1.72. The second kappa shape index (κ2) is 6.04. The SMILES string of the molecule is O=C(CN1C(=O)c2ccccc2C1=O)Nc1cccc(C(F)(F)F)c1. The van der Waals surface area contributed by atoms with Gasteiger partial charge in [-0.25, -0.2) is 0 Å². The first kappa shape index (κ1) is 16.7. The van der Waals surface area contributed by atoms with Crippen molar-refractivity contribution in [1.29, 1.82) is 0 Å². The van der Waals surface area contributed by atoms with Gasteiger partial charge in [0.2, 0.25) is 5.91 Å². The van der Waals surface area contributed by atoms with Crippen molar-refractivity contribution in [2.45, 2.75) is 6.18 Å². The highest BCUT2D eigenvalue weighted by molar-refractivity contribution is 6.22. The molecule has 0 bridgehead atoms. The molecule has 0 radical (unpaired) electrons. The zero-order valence-corrected chi connectivity index (χ0v) is 12.6. The minimum Gasteiger partial charge on any atom is -0.325 e. The fourth-order valence-electron chi connectivity index (χ4n) is 2.50. The number of carbonyl (C=O) groups is 3. The average Bonchev–Trinajstić information content (AvgIpc) is 2.80. The molecule has 0 unspecified atom stereocenters. The number of imide groups is 1. The van der Waals surface area contributed by atoms with Crippen molar-refractivity contribution in [3.8, 4) is 0 Å². The van der Waals surface area contributed by atoms with Crippen molar-refractivity contribution in [2.75, 3.05) is 11.9 Å². The summed E-state index contributed by atoms with van der Waals surface area (Å²) in [6.45, 7) is -0.581. The van der Waals surface area contributed by atoms with Crippen molar-refractivity contribution in [2.24, 2.45) is 0 Å². The maximum absolute atomic E-state index is 12.7. The number of fused-ring (bicyclic) bond motifs is 1. The van der Waals surface area contributed by atoms with E-state index in [1.807, 2.05) is 0 Å². The van der Waals surface area contributed by atoms with Crippen molar-refractivity contribution < 1.29 is 27.6 Å². The van der Waals surface area contributed by atoms with Crippen LogP contribution in [0, 0.1) is 0 Å². The number of hydrogen-bond donors (Lipinski definition) is 1. The summed E-state index contributed by atoms with van der Waals surface area (Å²) in [6.07, 6.45) is -4.54. The van der Waals surface area contributed by atoms with Gasteiger partial charge in [0.1, 0.15) is 6.54 Å². The van der Waals surface area contributed by atoms with E-state index in [2.05, 4.69) is 5.32 Å². The maximum atomic E-state index is 12.7. The van der Waals surface area contributed by atoms with E-state index in [4.69, 9.17) is 0 Å². The molecule has 0 fully saturated rings. The molecule has 0 saturated heterocycles. The normalized spacial score (nSPS) is 13.8. The molecule has 0 saturated carbocycles. The van der Waals surface area contributed by atoms with Gasteiger partial charge in [0.05, 0.1) is 16.7 Å². The minimum atomic E-state index is -4.54. The summed E-state index contributed by atoms with van der Waals surface area (Å²) in [7, 11) is 0. The molecule has 5 nitrogen and oxygen atoms in total. The Kier molecular flexibility index (Phi) is 4.03. The van der Waals surface area contributed by atoms with Crippen LogP contribution < -0.4 is 5.32 Å². The lowest BCUT2D eigenvalue weighted by atomic mass is 10.1. The highest BCUT2D eigenvalue weighted by Crippen LogP contribution is 2.30. The van der Waals surface area contributed by atoms with Crippen LogP contribution in [-0.2, 0) is 11.0 Å². The minimum absolute atomic E-state index is 0.0727. The van der Waals surface area contributed by atoms with Gasteiger partial charge in [0.15, 0.2) is 0 Å². The number of anilines is 1. The van der Waals surface area contributed by atoms with Gasteiger partial charge < -0.3 is 5.32 Å². The number of alkyl halides is 3. The van der Waals surface area contributed by atoms with Crippen LogP contribution >= 0.6 is 0 Å². The van der Waals surface area contributed by atoms with Crippen LogP contribution in [0.5, 0.6) is 0 Å². The standard InChI is InChI=1S/C17H11F3N2O3/c18-17(19,20)10-4-3-5-11(8-10)21-14(23)9-22-15(24)12-6-1-2-7-13(12)16(22)25/h1-8H,9H2,(H,21,23). The number of rotatable bonds is 3. The van der Waals surface area contributed by atoms with E-state index in [-0.39, 0.29) is 16.8 Å². The van der Waals surface area contributed by atoms with E-state index < -0.39 is 36.0 Å². The molecular formula is C17H11F3N2O3. The fourth-order valence-corrected chi connectivity index (χ4v) is 2.50. The van der Waals surface area contributed by atoms with Crippen LogP contribution in [0.1, 0.15) is 26.3 Å². The molecule has 3 rings (SSSR count). The molecule has 25 heavy (non-hydrogen) atoms. The Morgan fingerprint density at radius 2 is 1.56 bits per heavy atom. The monoisotopic (exact) mass is 348 g/mol. The summed E-state index contributed by atoms with van der Waals surface area (Å²) in [6, 6.07) is 10.2. The molecule has 8 heteroatoms. The summed E-state index contributed by atoms with van der Waals surface area (Å²) in [5.41, 5.74) is -0.596. The number of amides is 3. The van der Waals surface area contributed by atoms with E-state index in [1.54, 1.807) is 12.1 Å². The van der Waals surface area contributed by atoms with Gasteiger partial charge in [-0.2, -0.15) is 13.2 Å². The van der Waals surface area contributed by atoms with Gasteiger partial charge in [-0.1, -0.05) is 18.2 Å². The van der Waals surface area contributed by atoms with Crippen LogP contribution in [0.2, 0.25) is 0 Å². The van der Waals surface area contributed by atoms with Crippen LogP contribution in [0.25, 0.3) is 0 Å². The molecule has 1 N–H and O–H groups in total. The van der Waals surface area contributed by atoms with Crippen molar-refractivity contribution in [1.82, 2.24) is 4.90 Å². The zero-order chi connectivity index (χ0) is 18.2. The third-order valence-electron chi connectivity index (χ3n) is 3.65. The summed E-state index contributed by atoms with van der Waals surface area (Å²) >= 11 is 0. The molecule has 1 heterocycles. The molecule has 0 spiro atoms. The number of hydrogen-bond acceptors (Lipinski definition) is 3. The van der Waals surface area contributed by atoms with Gasteiger partial charge in [-0.15, -0.1) is 0 Å². The molecule has 1 aliphatic rings. The molecule has 2 aromatic carbocycles. The topological polar surface area (TPSA) is 66.5 Å². The molecular weight excluding hydrogens is 337 g/mol. The summed E-state index contributed by atoms with van der Waals surface area (Å²) in [4.78, 5) is 37.1. The molecule has 2 aromatic rings. The van der Waals surface area contributed by atoms with Gasteiger partial charge in [0.25, 0.3) is 11.8 Å². The van der Waals surface area contributed by atoms with Gasteiger partial charge in [0, 0.05) is 5.69 Å². The maximum Gasteiger partial charge on any atom is 0.416 e. The predicted molar refractivity (Wildman–Crippen MR) is 81.9 cm³/mol. The average molecular weight is 348 g/mol. The number of halogens is 3. The smallest absolute Gasteiger partial charge is 0.325 e. The molecule has 1 aliphatic heterocycles. The first-order valence-corrected chi connectivity index (χ1v) is 7.20. The Labute approximate surface area is 140 Å². The molecule has 0 aliphatic carbocycles. The van der Waals surface area contributed by atoms with Crippen LogP contribution in [0.15, 0.2) is 48.5 Å². The van der Waals surface area contributed by atoms with Gasteiger partial charge in [-0.3, -0.25) is 19.3 Å². The first-order valence-electron chi connectivity index (χ1n) is 7.20. The lowest BCUT2D eigenvalue weighted by Crippen LogP contribution is -2.37. The lowest BCUT2D eigenvalue weighted by Gasteiger charge is -2.14. The summed E-state index contributed by atoms with van der Waals surface area (Å²) in [5.74, 6) is -1.99. The second-order valence-corrected chi connectivity index (χ2v) is 5.37. The zero-order valence-electron chi connectivity index (χ0n) is 12.6. The van der Waals surface area contributed by atoms with E-state index in [9.17, 15) is 27.6 Å². The van der Waals surface area contributed by atoms with Gasteiger partial charge in [-0.05, 0) is 30.3 Å². The van der Waals surface area contributed by atoms with E-state index in [1.165, 1.54) is 18.2 Å². The number of nitrogens with one attached hydrogen (secondary N) is 1. The second-order valence-electron chi connectivity index (χ2n) is 5.37. The summed E-state index contributed by atoms with van der Waals surface area (Å²) in [5, 5.41) is 2.26. The van der Waals surface area contributed by atoms with Gasteiger partial charge >= 0.3 is 6.18 Å². The largest absolute Gasteiger partial charge is 0.416 e.